The third-order valence-corrected chi connectivity index (χ3v) is 3.71. The van der Waals surface area contributed by atoms with Crippen LogP contribution in [0.3, 0.4) is 0 Å². The Morgan fingerprint density at radius 2 is 1.92 bits per heavy atom. The summed E-state index contributed by atoms with van der Waals surface area (Å²) >= 11 is 1.56. The Morgan fingerprint density at radius 3 is 2.46 bits per heavy atom. The van der Waals surface area contributed by atoms with Crippen LogP contribution in [0.25, 0.3) is 6.08 Å². The molecule has 0 fully saturated rings. The minimum atomic E-state index is -0.761. The van der Waals surface area contributed by atoms with Crippen LogP contribution in [0.1, 0.15) is 18.9 Å². The molecule has 2 N–H and O–H groups in total. The van der Waals surface area contributed by atoms with Gasteiger partial charge < -0.3 is 15.4 Å². The Labute approximate surface area is 146 Å². The number of thioether (sulfide) groups is 1. The van der Waals surface area contributed by atoms with Crippen molar-refractivity contribution in [1.82, 2.24) is 10.6 Å². The molecule has 130 valence electrons. The molecule has 1 aromatic carbocycles. The summed E-state index contributed by atoms with van der Waals surface area (Å²) in [4.78, 5) is 35.6. The molecule has 0 aliphatic carbocycles. The summed E-state index contributed by atoms with van der Waals surface area (Å²) in [6.45, 7) is 1.32. The lowest BCUT2D eigenvalue weighted by Gasteiger charge is -2.17. The second-order valence-electron chi connectivity index (χ2n) is 4.98. The van der Waals surface area contributed by atoms with Crippen molar-refractivity contribution in [3.05, 3.63) is 41.6 Å². The lowest BCUT2D eigenvalue weighted by Crippen LogP contribution is -2.44. The fraction of sp³-hybridized carbons (Fsp3) is 0.353. The van der Waals surface area contributed by atoms with Crippen molar-refractivity contribution >= 4 is 35.6 Å². The third-order valence-electron chi connectivity index (χ3n) is 3.07. The zero-order chi connectivity index (χ0) is 17.9. The first kappa shape index (κ1) is 19.8. The summed E-state index contributed by atoms with van der Waals surface area (Å²) in [5.74, 6) is -0.728. The van der Waals surface area contributed by atoms with Gasteiger partial charge in [-0.25, -0.2) is 4.79 Å². The SMILES string of the molecule is COC(=O)[C@H](CCSC)NC(=O)/C(=C/c1ccccc1)NC(C)=O. The molecule has 2 amide bonds. The highest BCUT2D eigenvalue weighted by atomic mass is 32.2. The van der Waals surface area contributed by atoms with Gasteiger partial charge in [0.25, 0.3) is 5.91 Å². The van der Waals surface area contributed by atoms with Crippen LogP contribution in [0.4, 0.5) is 0 Å². The van der Waals surface area contributed by atoms with E-state index in [1.807, 2.05) is 24.5 Å². The van der Waals surface area contributed by atoms with Crippen molar-refractivity contribution in [2.24, 2.45) is 0 Å². The zero-order valence-electron chi connectivity index (χ0n) is 14.0. The molecule has 0 saturated heterocycles. The lowest BCUT2D eigenvalue weighted by molar-refractivity contribution is -0.144. The normalized spacial score (nSPS) is 12.2. The molecule has 0 saturated carbocycles. The molecule has 0 heterocycles. The summed E-state index contributed by atoms with van der Waals surface area (Å²) in [7, 11) is 1.27. The first-order valence-corrected chi connectivity index (χ1v) is 8.79. The largest absolute Gasteiger partial charge is 0.467 e. The van der Waals surface area contributed by atoms with Crippen molar-refractivity contribution in [1.29, 1.82) is 0 Å². The number of esters is 1. The maximum atomic E-state index is 12.5. The van der Waals surface area contributed by atoms with E-state index in [1.54, 1.807) is 30.0 Å². The van der Waals surface area contributed by atoms with Gasteiger partial charge in [0.05, 0.1) is 7.11 Å². The first-order valence-electron chi connectivity index (χ1n) is 7.40. The maximum absolute atomic E-state index is 12.5. The first-order chi connectivity index (χ1) is 11.5. The molecule has 6 nitrogen and oxygen atoms in total. The average Bonchev–Trinajstić information content (AvgIpc) is 2.57. The van der Waals surface area contributed by atoms with E-state index in [9.17, 15) is 14.4 Å². The molecular formula is C17H22N2O4S. The summed E-state index contributed by atoms with van der Waals surface area (Å²) in [5, 5.41) is 5.12. The number of ether oxygens (including phenoxy) is 1. The fourth-order valence-electron chi connectivity index (χ4n) is 1.93. The average molecular weight is 350 g/mol. The number of carbonyl (C=O) groups is 3. The number of methoxy groups -OCH3 is 1. The molecule has 24 heavy (non-hydrogen) atoms. The molecule has 7 heteroatoms. The molecule has 0 aliphatic rings. The highest BCUT2D eigenvalue weighted by Crippen LogP contribution is 2.07. The monoisotopic (exact) mass is 350 g/mol. The van der Waals surface area contributed by atoms with E-state index in [0.29, 0.717) is 12.2 Å². The van der Waals surface area contributed by atoms with Crippen molar-refractivity contribution in [3.8, 4) is 0 Å². The summed E-state index contributed by atoms with van der Waals surface area (Å²) in [5.41, 5.74) is 0.835. The van der Waals surface area contributed by atoms with Crippen molar-refractivity contribution < 1.29 is 19.1 Å². The quantitative estimate of drug-likeness (QED) is 0.549. The van der Waals surface area contributed by atoms with E-state index in [2.05, 4.69) is 10.6 Å². The van der Waals surface area contributed by atoms with Gasteiger partial charge in [0.1, 0.15) is 11.7 Å². The number of hydrogen-bond donors (Lipinski definition) is 2. The van der Waals surface area contributed by atoms with Crippen LogP contribution in [-0.4, -0.2) is 42.9 Å². The standard InChI is InChI=1S/C17H22N2O4S/c1-12(20)18-15(11-13-7-5-4-6-8-13)16(21)19-14(9-10-24-3)17(22)23-2/h4-8,11,14H,9-10H2,1-3H3,(H,18,20)(H,19,21)/b15-11-/t14-/m0/s1. The predicted molar refractivity (Wildman–Crippen MR) is 95.2 cm³/mol. The van der Waals surface area contributed by atoms with Gasteiger partial charge in [-0.1, -0.05) is 30.3 Å². The van der Waals surface area contributed by atoms with Gasteiger partial charge in [0.2, 0.25) is 5.91 Å². The number of nitrogens with one attached hydrogen (secondary N) is 2. The number of rotatable bonds is 8. The van der Waals surface area contributed by atoms with E-state index < -0.39 is 17.9 Å². The van der Waals surface area contributed by atoms with Crippen LogP contribution in [0.2, 0.25) is 0 Å². The Morgan fingerprint density at radius 1 is 1.25 bits per heavy atom. The molecular weight excluding hydrogens is 328 g/mol. The minimum Gasteiger partial charge on any atom is -0.467 e. The highest BCUT2D eigenvalue weighted by Gasteiger charge is 2.23. The Hall–Kier alpha value is -2.28. The van der Waals surface area contributed by atoms with Gasteiger partial charge in [-0.2, -0.15) is 11.8 Å². The van der Waals surface area contributed by atoms with Crippen LogP contribution < -0.4 is 10.6 Å². The predicted octanol–water partition coefficient (Wildman–Crippen LogP) is 1.57. The lowest BCUT2D eigenvalue weighted by atomic mass is 10.1. The summed E-state index contributed by atoms with van der Waals surface area (Å²) in [6, 6.07) is 8.35. The number of carbonyl (C=O) groups excluding carboxylic acids is 3. The summed E-state index contributed by atoms with van der Waals surface area (Å²) in [6.07, 6.45) is 3.91. The Balaban J connectivity index is 2.95. The molecule has 0 unspecified atom stereocenters. The number of amides is 2. The van der Waals surface area contributed by atoms with Crippen LogP contribution in [0, 0.1) is 0 Å². The summed E-state index contributed by atoms with van der Waals surface area (Å²) < 4.78 is 4.72. The van der Waals surface area contributed by atoms with E-state index >= 15 is 0 Å². The molecule has 1 atom stereocenters. The van der Waals surface area contributed by atoms with E-state index in [0.717, 1.165) is 5.56 Å². The molecule has 0 bridgehead atoms. The van der Waals surface area contributed by atoms with Gasteiger partial charge >= 0.3 is 5.97 Å². The zero-order valence-corrected chi connectivity index (χ0v) is 14.8. The maximum Gasteiger partial charge on any atom is 0.328 e. The van der Waals surface area contributed by atoms with E-state index in [1.165, 1.54) is 14.0 Å². The van der Waals surface area contributed by atoms with Gasteiger partial charge in [0.15, 0.2) is 0 Å². The van der Waals surface area contributed by atoms with Crippen molar-refractivity contribution in [2.45, 2.75) is 19.4 Å². The van der Waals surface area contributed by atoms with Crippen LogP contribution >= 0.6 is 11.8 Å². The fourth-order valence-corrected chi connectivity index (χ4v) is 2.40. The molecule has 0 radical (unpaired) electrons. The number of hydrogen-bond acceptors (Lipinski definition) is 5. The Kier molecular flexibility index (Phi) is 8.64. The van der Waals surface area contributed by atoms with Crippen LogP contribution in [0.5, 0.6) is 0 Å². The highest BCUT2D eigenvalue weighted by molar-refractivity contribution is 7.98. The van der Waals surface area contributed by atoms with E-state index in [4.69, 9.17) is 4.74 Å². The minimum absolute atomic E-state index is 0.0757. The van der Waals surface area contributed by atoms with E-state index in [-0.39, 0.29) is 11.6 Å². The topological polar surface area (TPSA) is 84.5 Å². The molecule has 0 aliphatic heterocycles. The van der Waals surface area contributed by atoms with Crippen LogP contribution in [-0.2, 0) is 19.1 Å². The van der Waals surface area contributed by atoms with Crippen molar-refractivity contribution in [3.63, 3.8) is 0 Å². The molecule has 1 aromatic rings. The third kappa shape index (κ3) is 6.87. The molecule has 1 rings (SSSR count). The second-order valence-corrected chi connectivity index (χ2v) is 5.97. The number of benzene rings is 1. The van der Waals surface area contributed by atoms with Gasteiger partial charge in [-0.3, -0.25) is 9.59 Å². The second kappa shape index (κ2) is 10.5. The smallest absolute Gasteiger partial charge is 0.328 e. The van der Waals surface area contributed by atoms with Crippen LogP contribution in [0.15, 0.2) is 36.0 Å². The van der Waals surface area contributed by atoms with Gasteiger partial charge in [-0.05, 0) is 30.1 Å². The molecule has 0 aromatic heterocycles. The van der Waals surface area contributed by atoms with Gasteiger partial charge in [0, 0.05) is 6.92 Å². The van der Waals surface area contributed by atoms with Crippen molar-refractivity contribution in [2.75, 3.05) is 19.1 Å². The Bertz CT molecular complexity index is 602. The molecule has 0 spiro atoms. The van der Waals surface area contributed by atoms with Gasteiger partial charge in [-0.15, -0.1) is 0 Å².